The number of anilines is 1. The largest absolute Gasteiger partial charge is 0.462 e. The summed E-state index contributed by atoms with van der Waals surface area (Å²) in [6.45, 7) is 3.49. The number of carbonyl (C=O) groups is 2. The number of pyridine rings is 1. The van der Waals surface area contributed by atoms with Crippen LogP contribution in [-0.4, -0.2) is 23.5 Å². The highest BCUT2D eigenvalue weighted by molar-refractivity contribution is 6.09. The number of nitrogens with zero attached hydrogens (tertiary/aromatic N) is 1. The molecule has 0 radical (unpaired) electrons. The molecular formula is C20H18N2O3. The van der Waals surface area contributed by atoms with Gasteiger partial charge in [-0.25, -0.2) is 9.78 Å². The molecule has 1 aromatic heterocycles. The van der Waals surface area contributed by atoms with Gasteiger partial charge in [-0.15, -0.1) is 0 Å². The van der Waals surface area contributed by atoms with E-state index in [0.717, 1.165) is 5.56 Å². The summed E-state index contributed by atoms with van der Waals surface area (Å²) in [5, 5.41) is 3.41. The molecule has 126 valence electrons. The summed E-state index contributed by atoms with van der Waals surface area (Å²) in [6, 6.07) is 16.6. The Kier molecular flexibility index (Phi) is 4.75. The number of nitrogens with one attached hydrogen (secondary N) is 1. The molecule has 5 heteroatoms. The summed E-state index contributed by atoms with van der Waals surface area (Å²) < 4.78 is 5.19. The first-order valence-corrected chi connectivity index (χ1v) is 8.04. The van der Waals surface area contributed by atoms with Crippen molar-refractivity contribution in [3.8, 4) is 11.3 Å². The Labute approximate surface area is 145 Å². The summed E-state index contributed by atoms with van der Waals surface area (Å²) in [4.78, 5) is 28.6. The minimum absolute atomic E-state index is 0.197. The minimum Gasteiger partial charge on any atom is -0.462 e. The fourth-order valence-electron chi connectivity index (χ4n) is 2.67. The van der Waals surface area contributed by atoms with Crippen LogP contribution in [0.25, 0.3) is 22.2 Å². The van der Waals surface area contributed by atoms with Crippen molar-refractivity contribution in [1.82, 2.24) is 4.98 Å². The van der Waals surface area contributed by atoms with Crippen molar-refractivity contribution in [3.05, 3.63) is 60.2 Å². The molecule has 0 aliphatic heterocycles. The molecule has 5 nitrogen and oxygen atoms in total. The molecule has 25 heavy (non-hydrogen) atoms. The van der Waals surface area contributed by atoms with Crippen molar-refractivity contribution >= 4 is 28.5 Å². The zero-order valence-electron chi connectivity index (χ0n) is 14.1. The van der Waals surface area contributed by atoms with Gasteiger partial charge in [-0.3, -0.25) is 4.79 Å². The number of hydrogen-bond donors (Lipinski definition) is 1. The molecule has 0 aliphatic carbocycles. The Hall–Kier alpha value is -3.21. The van der Waals surface area contributed by atoms with E-state index in [2.05, 4.69) is 10.3 Å². The van der Waals surface area contributed by atoms with Gasteiger partial charge in [0.1, 0.15) is 0 Å². The molecule has 0 unspecified atom stereocenters. The molecule has 1 N–H and O–H groups in total. The third-order valence-electron chi connectivity index (χ3n) is 3.72. The number of amides is 1. The van der Waals surface area contributed by atoms with Crippen molar-refractivity contribution in [3.63, 3.8) is 0 Å². The predicted molar refractivity (Wildman–Crippen MR) is 97.4 cm³/mol. The first-order valence-electron chi connectivity index (χ1n) is 8.04. The molecule has 0 saturated heterocycles. The molecule has 3 aromatic rings. The number of carbonyl (C=O) groups excluding carboxylic acids is 2. The van der Waals surface area contributed by atoms with E-state index in [-0.39, 0.29) is 12.5 Å². The average molecular weight is 334 g/mol. The first kappa shape index (κ1) is 16.6. The van der Waals surface area contributed by atoms with Crippen molar-refractivity contribution < 1.29 is 14.3 Å². The van der Waals surface area contributed by atoms with Crippen LogP contribution in [0.2, 0.25) is 0 Å². The fourth-order valence-corrected chi connectivity index (χ4v) is 2.67. The van der Waals surface area contributed by atoms with Gasteiger partial charge in [-0.2, -0.15) is 0 Å². The lowest BCUT2D eigenvalue weighted by Gasteiger charge is -2.12. The molecule has 0 spiro atoms. The van der Waals surface area contributed by atoms with Gasteiger partial charge in [0.25, 0.3) is 0 Å². The number of aromatic nitrogens is 1. The Morgan fingerprint density at radius 1 is 1.08 bits per heavy atom. The summed E-state index contributed by atoms with van der Waals surface area (Å²) in [6.07, 6.45) is 0. The number of fused-ring (bicyclic) bond motifs is 1. The zero-order valence-corrected chi connectivity index (χ0v) is 14.1. The number of ether oxygens (including phenoxy) is 1. The van der Waals surface area contributed by atoms with Crippen LogP contribution in [0.15, 0.2) is 54.6 Å². The average Bonchev–Trinajstić information content (AvgIpc) is 2.61. The SMILES string of the molecule is CCOC(=O)c1cc(-c2ccccc2)nc2c(NC(C)=O)cccc12. The Balaban J connectivity index is 2.28. The van der Waals surface area contributed by atoms with E-state index >= 15 is 0 Å². The molecular weight excluding hydrogens is 316 g/mol. The summed E-state index contributed by atoms with van der Waals surface area (Å²) >= 11 is 0. The molecule has 0 fully saturated rings. The second kappa shape index (κ2) is 7.13. The Morgan fingerprint density at radius 2 is 1.84 bits per heavy atom. The van der Waals surface area contributed by atoms with Gasteiger partial charge in [-0.1, -0.05) is 42.5 Å². The minimum atomic E-state index is -0.410. The van der Waals surface area contributed by atoms with Crippen LogP contribution in [0.4, 0.5) is 5.69 Å². The second-order valence-corrected chi connectivity index (χ2v) is 5.52. The quantitative estimate of drug-likeness (QED) is 0.731. The van der Waals surface area contributed by atoms with Crippen LogP contribution in [0.3, 0.4) is 0 Å². The fraction of sp³-hybridized carbons (Fsp3) is 0.150. The molecule has 0 atom stereocenters. The van der Waals surface area contributed by atoms with Crippen LogP contribution in [0.5, 0.6) is 0 Å². The van der Waals surface area contributed by atoms with Crippen molar-refractivity contribution in [2.24, 2.45) is 0 Å². The lowest BCUT2D eigenvalue weighted by atomic mass is 10.0. The van der Waals surface area contributed by atoms with E-state index in [1.54, 1.807) is 31.2 Å². The van der Waals surface area contributed by atoms with E-state index in [1.807, 2.05) is 30.3 Å². The van der Waals surface area contributed by atoms with Crippen LogP contribution in [0.1, 0.15) is 24.2 Å². The molecule has 0 aliphatic rings. The maximum Gasteiger partial charge on any atom is 0.338 e. The normalized spacial score (nSPS) is 10.5. The standard InChI is InChI=1S/C20H18N2O3/c1-3-25-20(24)16-12-18(14-8-5-4-6-9-14)22-19-15(16)10-7-11-17(19)21-13(2)23/h4-12H,3H2,1-2H3,(H,21,23). The van der Waals surface area contributed by atoms with Gasteiger partial charge < -0.3 is 10.1 Å². The number of rotatable bonds is 4. The molecule has 3 rings (SSSR count). The van der Waals surface area contributed by atoms with Gasteiger partial charge in [0.05, 0.1) is 29.1 Å². The number of esters is 1. The molecule has 0 saturated carbocycles. The topological polar surface area (TPSA) is 68.3 Å². The van der Waals surface area contributed by atoms with E-state index in [1.165, 1.54) is 6.92 Å². The number of benzene rings is 2. The zero-order chi connectivity index (χ0) is 17.8. The highest BCUT2D eigenvalue weighted by Crippen LogP contribution is 2.29. The smallest absolute Gasteiger partial charge is 0.338 e. The number of para-hydroxylation sites is 1. The first-order chi connectivity index (χ1) is 12.1. The predicted octanol–water partition coefficient (Wildman–Crippen LogP) is 4.04. The van der Waals surface area contributed by atoms with Crippen LogP contribution < -0.4 is 5.32 Å². The van der Waals surface area contributed by atoms with Crippen molar-refractivity contribution in [1.29, 1.82) is 0 Å². The molecule has 2 aromatic carbocycles. The monoisotopic (exact) mass is 334 g/mol. The Bertz CT molecular complexity index is 936. The second-order valence-electron chi connectivity index (χ2n) is 5.52. The van der Waals surface area contributed by atoms with Crippen LogP contribution in [-0.2, 0) is 9.53 Å². The lowest BCUT2D eigenvalue weighted by molar-refractivity contribution is -0.114. The van der Waals surface area contributed by atoms with E-state index in [4.69, 9.17) is 4.74 Å². The van der Waals surface area contributed by atoms with Crippen LogP contribution in [0, 0.1) is 0 Å². The number of hydrogen-bond acceptors (Lipinski definition) is 4. The van der Waals surface area contributed by atoms with Gasteiger partial charge in [-0.05, 0) is 19.1 Å². The van der Waals surface area contributed by atoms with Crippen molar-refractivity contribution in [2.75, 3.05) is 11.9 Å². The van der Waals surface area contributed by atoms with E-state index in [9.17, 15) is 9.59 Å². The van der Waals surface area contributed by atoms with E-state index in [0.29, 0.717) is 27.8 Å². The summed E-state index contributed by atoms with van der Waals surface area (Å²) in [5.41, 5.74) is 3.08. The molecule has 1 amide bonds. The molecule has 1 heterocycles. The summed E-state index contributed by atoms with van der Waals surface area (Å²) in [7, 11) is 0. The van der Waals surface area contributed by atoms with Gasteiger partial charge in [0.15, 0.2) is 0 Å². The third-order valence-corrected chi connectivity index (χ3v) is 3.72. The van der Waals surface area contributed by atoms with Gasteiger partial charge >= 0.3 is 5.97 Å². The van der Waals surface area contributed by atoms with Crippen molar-refractivity contribution in [2.45, 2.75) is 13.8 Å². The third kappa shape index (κ3) is 3.50. The highest BCUT2D eigenvalue weighted by Gasteiger charge is 2.17. The maximum atomic E-state index is 12.4. The van der Waals surface area contributed by atoms with E-state index < -0.39 is 5.97 Å². The summed E-state index contributed by atoms with van der Waals surface area (Å²) in [5.74, 6) is -0.607. The Morgan fingerprint density at radius 3 is 2.52 bits per heavy atom. The van der Waals surface area contributed by atoms with Crippen LogP contribution >= 0.6 is 0 Å². The maximum absolute atomic E-state index is 12.4. The molecule has 0 bridgehead atoms. The lowest BCUT2D eigenvalue weighted by Crippen LogP contribution is -2.09. The van der Waals surface area contributed by atoms with Gasteiger partial charge in [0.2, 0.25) is 5.91 Å². The van der Waals surface area contributed by atoms with Gasteiger partial charge in [0, 0.05) is 17.9 Å². The highest BCUT2D eigenvalue weighted by atomic mass is 16.5.